The number of ether oxygens (including phenoxy) is 1. The molecule has 0 aromatic heterocycles. The summed E-state index contributed by atoms with van der Waals surface area (Å²) in [7, 11) is 1.76. The van der Waals surface area contributed by atoms with Gasteiger partial charge in [0, 0.05) is 7.11 Å². The van der Waals surface area contributed by atoms with E-state index in [-0.39, 0.29) is 3.61 Å². The number of rotatable bonds is 1. The standard InChI is InChI=1S/C4H7IO/c1-6-4(5)2-3-4/h2-3H2,1H3. The van der Waals surface area contributed by atoms with Crippen LogP contribution in [0.5, 0.6) is 0 Å². The molecule has 1 fully saturated rings. The van der Waals surface area contributed by atoms with Gasteiger partial charge in [0.25, 0.3) is 0 Å². The topological polar surface area (TPSA) is 9.23 Å². The normalized spacial score (nSPS) is 27.0. The van der Waals surface area contributed by atoms with Crippen molar-refractivity contribution in [2.24, 2.45) is 0 Å². The molecule has 2 heteroatoms. The summed E-state index contributed by atoms with van der Waals surface area (Å²) >= 11 is 2.33. The Balaban J connectivity index is 2.28. The van der Waals surface area contributed by atoms with Crippen molar-refractivity contribution in [2.75, 3.05) is 7.11 Å². The van der Waals surface area contributed by atoms with E-state index in [0.717, 1.165) is 0 Å². The summed E-state index contributed by atoms with van der Waals surface area (Å²) in [5.41, 5.74) is 0. The van der Waals surface area contributed by atoms with E-state index in [2.05, 4.69) is 22.6 Å². The Labute approximate surface area is 51.2 Å². The maximum atomic E-state index is 5.04. The molecule has 1 aliphatic rings. The van der Waals surface area contributed by atoms with Gasteiger partial charge in [0.1, 0.15) is 3.61 Å². The molecular formula is C4H7IO. The first-order chi connectivity index (χ1) is 2.77. The van der Waals surface area contributed by atoms with Crippen molar-refractivity contribution in [1.29, 1.82) is 0 Å². The highest BCUT2D eigenvalue weighted by Crippen LogP contribution is 2.45. The average molecular weight is 198 g/mol. The minimum atomic E-state index is 0.262. The number of hydrogen-bond donors (Lipinski definition) is 0. The Kier molecular flexibility index (Phi) is 1.08. The largest absolute Gasteiger partial charge is 0.368 e. The number of halogens is 1. The smallest absolute Gasteiger partial charge is 0.119 e. The van der Waals surface area contributed by atoms with E-state index >= 15 is 0 Å². The van der Waals surface area contributed by atoms with Gasteiger partial charge in [0.15, 0.2) is 0 Å². The molecule has 1 saturated carbocycles. The molecule has 0 aromatic rings. The van der Waals surface area contributed by atoms with E-state index in [0.29, 0.717) is 0 Å². The van der Waals surface area contributed by atoms with Crippen LogP contribution in [-0.4, -0.2) is 10.7 Å². The summed E-state index contributed by atoms with van der Waals surface area (Å²) in [6, 6.07) is 0. The monoisotopic (exact) mass is 198 g/mol. The molecule has 0 spiro atoms. The van der Waals surface area contributed by atoms with E-state index in [1.165, 1.54) is 12.8 Å². The molecule has 0 saturated heterocycles. The first-order valence-corrected chi connectivity index (χ1v) is 3.09. The van der Waals surface area contributed by atoms with Crippen LogP contribution in [0, 0.1) is 0 Å². The van der Waals surface area contributed by atoms with Gasteiger partial charge in [-0.2, -0.15) is 0 Å². The lowest BCUT2D eigenvalue weighted by Gasteiger charge is -1.97. The summed E-state index contributed by atoms with van der Waals surface area (Å²) in [5, 5.41) is 0. The maximum Gasteiger partial charge on any atom is 0.119 e. The second kappa shape index (κ2) is 1.33. The summed E-state index contributed by atoms with van der Waals surface area (Å²) < 4.78 is 5.30. The van der Waals surface area contributed by atoms with Gasteiger partial charge in [-0.05, 0) is 35.4 Å². The van der Waals surface area contributed by atoms with Crippen LogP contribution in [0.3, 0.4) is 0 Å². The minimum Gasteiger partial charge on any atom is -0.368 e. The fourth-order valence-corrected chi connectivity index (χ4v) is 0.572. The fourth-order valence-electron chi connectivity index (χ4n) is 0.302. The quantitative estimate of drug-likeness (QED) is 0.458. The molecule has 1 rings (SSSR count). The highest BCUT2D eigenvalue weighted by Gasteiger charge is 2.39. The summed E-state index contributed by atoms with van der Waals surface area (Å²) in [6.07, 6.45) is 2.48. The Hall–Kier alpha value is 0.690. The SMILES string of the molecule is COC1(I)CC1. The third kappa shape index (κ3) is 0.846. The zero-order valence-electron chi connectivity index (χ0n) is 3.70. The second-order valence-corrected chi connectivity index (χ2v) is 3.55. The Bertz CT molecular complexity index is 58.6. The van der Waals surface area contributed by atoms with Crippen molar-refractivity contribution in [2.45, 2.75) is 16.4 Å². The van der Waals surface area contributed by atoms with Crippen LogP contribution in [0.1, 0.15) is 12.8 Å². The lowest BCUT2D eigenvalue weighted by Crippen LogP contribution is -1.96. The molecule has 0 aliphatic heterocycles. The second-order valence-electron chi connectivity index (χ2n) is 1.59. The van der Waals surface area contributed by atoms with E-state index in [4.69, 9.17) is 4.74 Å². The molecule has 0 amide bonds. The van der Waals surface area contributed by atoms with Crippen molar-refractivity contribution in [3.05, 3.63) is 0 Å². The van der Waals surface area contributed by atoms with Crippen LogP contribution in [0.2, 0.25) is 0 Å². The highest BCUT2D eigenvalue weighted by atomic mass is 127. The third-order valence-electron chi connectivity index (χ3n) is 1.01. The van der Waals surface area contributed by atoms with Crippen LogP contribution >= 0.6 is 22.6 Å². The molecule has 0 bridgehead atoms. The van der Waals surface area contributed by atoms with E-state index in [1.54, 1.807) is 7.11 Å². The molecule has 1 aliphatic carbocycles. The van der Waals surface area contributed by atoms with Crippen LogP contribution in [-0.2, 0) is 4.74 Å². The summed E-state index contributed by atoms with van der Waals surface area (Å²) in [4.78, 5) is 0. The molecule has 0 heterocycles. The molecule has 1 nitrogen and oxygen atoms in total. The summed E-state index contributed by atoms with van der Waals surface area (Å²) in [6.45, 7) is 0. The number of methoxy groups -OCH3 is 1. The predicted molar refractivity (Wildman–Crippen MR) is 33.0 cm³/mol. The van der Waals surface area contributed by atoms with Crippen LogP contribution in [0.25, 0.3) is 0 Å². The Morgan fingerprint density at radius 2 is 2.17 bits per heavy atom. The van der Waals surface area contributed by atoms with Gasteiger partial charge in [-0.15, -0.1) is 0 Å². The molecule has 36 valence electrons. The zero-order chi connectivity index (χ0) is 4.62. The van der Waals surface area contributed by atoms with Gasteiger partial charge in [-0.3, -0.25) is 0 Å². The van der Waals surface area contributed by atoms with Gasteiger partial charge in [-0.25, -0.2) is 0 Å². The van der Waals surface area contributed by atoms with Crippen molar-refractivity contribution >= 4 is 22.6 Å². The van der Waals surface area contributed by atoms with E-state index in [1.807, 2.05) is 0 Å². The van der Waals surface area contributed by atoms with Crippen LogP contribution < -0.4 is 0 Å². The minimum absolute atomic E-state index is 0.262. The molecule has 0 atom stereocenters. The Morgan fingerprint density at radius 3 is 2.17 bits per heavy atom. The highest BCUT2D eigenvalue weighted by molar-refractivity contribution is 14.1. The van der Waals surface area contributed by atoms with Crippen LogP contribution in [0.4, 0.5) is 0 Å². The lowest BCUT2D eigenvalue weighted by molar-refractivity contribution is 0.170. The van der Waals surface area contributed by atoms with Crippen LogP contribution in [0.15, 0.2) is 0 Å². The average Bonchev–Trinajstić information content (AvgIpc) is 2.22. The number of alkyl halides is 1. The van der Waals surface area contributed by atoms with Crippen molar-refractivity contribution in [1.82, 2.24) is 0 Å². The molecule has 0 radical (unpaired) electrons. The van der Waals surface area contributed by atoms with Gasteiger partial charge >= 0.3 is 0 Å². The lowest BCUT2D eigenvalue weighted by atomic mass is 10.8. The molecule has 0 aromatic carbocycles. The molecule has 6 heavy (non-hydrogen) atoms. The van der Waals surface area contributed by atoms with E-state index in [9.17, 15) is 0 Å². The van der Waals surface area contributed by atoms with Gasteiger partial charge in [-0.1, -0.05) is 0 Å². The Morgan fingerprint density at radius 1 is 1.67 bits per heavy atom. The first kappa shape index (κ1) is 4.84. The van der Waals surface area contributed by atoms with Crippen molar-refractivity contribution in [3.8, 4) is 0 Å². The number of hydrogen-bond acceptors (Lipinski definition) is 1. The third-order valence-corrected chi connectivity index (χ3v) is 2.53. The molecule has 0 N–H and O–H groups in total. The summed E-state index contributed by atoms with van der Waals surface area (Å²) in [5.74, 6) is 0. The first-order valence-electron chi connectivity index (χ1n) is 2.01. The van der Waals surface area contributed by atoms with Gasteiger partial charge in [0.2, 0.25) is 0 Å². The van der Waals surface area contributed by atoms with Crippen molar-refractivity contribution in [3.63, 3.8) is 0 Å². The zero-order valence-corrected chi connectivity index (χ0v) is 5.86. The van der Waals surface area contributed by atoms with Crippen molar-refractivity contribution < 1.29 is 4.74 Å². The van der Waals surface area contributed by atoms with Gasteiger partial charge in [0.05, 0.1) is 0 Å². The van der Waals surface area contributed by atoms with E-state index < -0.39 is 0 Å². The molecular weight excluding hydrogens is 191 g/mol. The predicted octanol–water partition coefficient (Wildman–Crippen LogP) is 1.56. The maximum absolute atomic E-state index is 5.04. The molecule has 0 unspecified atom stereocenters. The fraction of sp³-hybridized carbons (Fsp3) is 1.00. The van der Waals surface area contributed by atoms with Gasteiger partial charge < -0.3 is 4.74 Å².